The number of allylic oxidation sites excluding steroid dienone is 2. The molecule has 0 saturated carbocycles. The van der Waals surface area contributed by atoms with Crippen molar-refractivity contribution in [1.82, 2.24) is 0 Å². The molecular weight excluding hydrogens is 737 g/mol. The molecule has 0 aliphatic rings. The highest BCUT2D eigenvalue weighted by Gasteiger charge is 2.12. The fourth-order valence-corrected chi connectivity index (χ4v) is 7.22. The Hall–Kier alpha value is -0.800. The molecule has 0 bridgehead atoms. The second-order valence-electron chi connectivity index (χ2n) is 16.9. The molecule has 0 amide bonds. The van der Waals surface area contributed by atoms with Crippen molar-refractivity contribution in [3.63, 3.8) is 0 Å². The zero-order chi connectivity index (χ0) is 43.0. The lowest BCUT2D eigenvalue weighted by Crippen LogP contribution is -2.22. The maximum absolute atomic E-state index is 6.23. The lowest BCUT2D eigenvalue weighted by atomic mass is 10.1. The third-order valence-corrected chi connectivity index (χ3v) is 11.1. The smallest absolute Gasteiger partial charge is 0.179 e. The monoisotopic (exact) mass is 839 g/mol. The van der Waals surface area contributed by atoms with Gasteiger partial charge in [-0.05, 0) is 89.2 Å². The minimum absolute atomic E-state index is 0.0623. The molecule has 2 unspecified atom stereocenters. The zero-order valence-corrected chi connectivity index (χ0v) is 40.3. The summed E-state index contributed by atoms with van der Waals surface area (Å²) in [6, 6.07) is 0. The Kier molecular flexibility index (Phi) is 49.2. The van der Waals surface area contributed by atoms with Crippen LogP contribution in [0.15, 0.2) is 24.3 Å². The van der Waals surface area contributed by atoms with Crippen LogP contribution in [0.5, 0.6) is 0 Å². The van der Waals surface area contributed by atoms with Gasteiger partial charge in [-0.15, -0.1) is 0 Å². The molecule has 7 heteroatoms. The summed E-state index contributed by atoms with van der Waals surface area (Å²) in [7, 11) is 3.37. The van der Waals surface area contributed by atoms with E-state index in [9.17, 15) is 0 Å². The summed E-state index contributed by atoms with van der Waals surface area (Å²) in [5.41, 5.74) is 0. The van der Waals surface area contributed by atoms with Gasteiger partial charge in [-0.3, -0.25) is 0 Å². The lowest BCUT2D eigenvalue weighted by molar-refractivity contribution is -0.188. The van der Waals surface area contributed by atoms with Crippen LogP contribution in [0.3, 0.4) is 0 Å². The van der Waals surface area contributed by atoms with Gasteiger partial charge in [0.25, 0.3) is 0 Å². The maximum atomic E-state index is 6.23. The van der Waals surface area contributed by atoms with Crippen molar-refractivity contribution < 1.29 is 33.2 Å². The molecule has 0 aromatic rings. The van der Waals surface area contributed by atoms with Gasteiger partial charge in [0.1, 0.15) is 0 Å². The number of methoxy groups -OCH3 is 2. The van der Waals surface area contributed by atoms with Gasteiger partial charge in [-0.1, -0.05) is 181 Å². The Labute approximate surface area is 368 Å². The van der Waals surface area contributed by atoms with E-state index in [4.69, 9.17) is 33.2 Å². The van der Waals surface area contributed by atoms with Gasteiger partial charge in [0, 0.05) is 40.6 Å². The van der Waals surface area contributed by atoms with Crippen LogP contribution in [0.2, 0.25) is 0 Å². The predicted molar refractivity (Wildman–Crippen MR) is 252 cm³/mol. The van der Waals surface area contributed by atoms with Gasteiger partial charge in [-0.25, -0.2) is 0 Å². The lowest BCUT2D eigenvalue weighted by Gasteiger charge is -2.19. The summed E-state index contributed by atoms with van der Waals surface area (Å²) in [5.74, 6) is 0. The minimum Gasteiger partial charge on any atom is -0.353 e. The van der Waals surface area contributed by atoms with Crippen molar-refractivity contribution in [3.8, 4) is 0 Å². The van der Waals surface area contributed by atoms with Crippen molar-refractivity contribution in [3.05, 3.63) is 24.3 Å². The number of hydrogen-bond donors (Lipinski definition) is 0. The largest absolute Gasteiger partial charge is 0.353 e. The molecule has 0 spiro atoms. The van der Waals surface area contributed by atoms with Crippen LogP contribution in [0, 0.1) is 0 Å². The number of hydrogen-bond acceptors (Lipinski definition) is 7. The average Bonchev–Trinajstić information content (AvgIpc) is 3.25. The number of ether oxygens (including phenoxy) is 7. The topological polar surface area (TPSA) is 64.6 Å². The van der Waals surface area contributed by atoms with Crippen molar-refractivity contribution in [1.29, 1.82) is 0 Å². The van der Waals surface area contributed by atoms with Crippen LogP contribution in [-0.2, 0) is 33.2 Å². The van der Waals surface area contributed by atoms with Crippen LogP contribution >= 0.6 is 0 Å². The maximum Gasteiger partial charge on any atom is 0.179 e. The fraction of sp³-hybridized carbons (Fsp3) is 0.923. The van der Waals surface area contributed by atoms with Crippen LogP contribution < -0.4 is 0 Å². The van der Waals surface area contributed by atoms with E-state index in [0.29, 0.717) is 0 Å². The number of unbranched alkanes of at least 4 members (excludes halogenated alkanes) is 26. The van der Waals surface area contributed by atoms with Crippen LogP contribution in [0.1, 0.15) is 246 Å². The predicted octanol–water partition coefficient (Wildman–Crippen LogP) is 16.1. The van der Waals surface area contributed by atoms with E-state index < -0.39 is 12.6 Å². The van der Waals surface area contributed by atoms with Crippen molar-refractivity contribution in [2.45, 2.75) is 271 Å². The molecule has 352 valence electrons. The van der Waals surface area contributed by atoms with Crippen molar-refractivity contribution in [2.75, 3.05) is 40.6 Å². The second kappa shape index (κ2) is 49.9. The van der Waals surface area contributed by atoms with Gasteiger partial charge >= 0.3 is 0 Å². The molecule has 0 aromatic heterocycles. The SMILES string of the molecule is CCCCCCCCOC(CCCCCC=CC(OC)OC(C=CCCCCCC(OCCCCCCCC)OCCCCCCCC)OC)OCCCCCCCC. The zero-order valence-electron chi connectivity index (χ0n) is 40.3. The molecule has 0 N–H and O–H groups in total. The second-order valence-corrected chi connectivity index (χ2v) is 16.9. The van der Waals surface area contributed by atoms with Crippen LogP contribution in [0.4, 0.5) is 0 Å². The fourth-order valence-electron chi connectivity index (χ4n) is 7.22. The van der Waals surface area contributed by atoms with E-state index in [2.05, 4.69) is 39.8 Å². The molecule has 59 heavy (non-hydrogen) atoms. The summed E-state index contributed by atoms with van der Waals surface area (Å²) in [6.07, 6.45) is 48.9. The Morgan fingerprint density at radius 3 is 0.881 bits per heavy atom. The molecule has 0 aromatic carbocycles. The number of rotatable bonds is 50. The van der Waals surface area contributed by atoms with E-state index in [1.807, 2.05) is 12.2 Å². The molecule has 0 rings (SSSR count). The van der Waals surface area contributed by atoms with Gasteiger partial charge < -0.3 is 33.2 Å². The standard InChI is InChI=1S/C52H102O7/c1-7-11-15-19-29-37-45-55-51(56-46-38-30-20-16-12-8-2)43-35-27-23-25-33-41-49(53-5)59-50(54-6)42-34-26-24-28-36-44-52(57-47-39-31-21-17-13-9-3)58-48-40-32-22-18-14-10-4/h33-34,41-42,49-52H,7-32,35-40,43-48H2,1-6H3. The first-order valence-electron chi connectivity index (χ1n) is 25.7. The highest BCUT2D eigenvalue weighted by Crippen LogP contribution is 2.16. The summed E-state index contributed by atoms with van der Waals surface area (Å²) in [4.78, 5) is 0. The third-order valence-electron chi connectivity index (χ3n) is 11.1. The summed E-state index contributed by atoms with van der Waals surface area (Å²) in [5, 5.41) is 0. The molecule has 0 heterocycles. The summed E-state index contributed by atoms with van der Waals surface area (Å²) in [6.45, 7) is 12.4. The van der Waals surface area contributed by atoms with Crippen molar-refractivity contribution in [2.24, 2.45) is 0 Å². The Bertz CT molecular complexity index is 734. The molecule has 2 atom stereocenters. The van der Waals surface area contributed by atoms with Crippen LogP contribution in [-0.4, -0.2) is 65.8 Å². The average molecular weight is 839 g/mol. The Morgan fingerprint density at radius 1 is 0.322 bits per heavy atom. The molecule has 0 radical (unpaired) electrons. The molecule has 0 saturated heterocycles. The van der Waals surface area contributed by atoms with Gasteiger partial charge in [0.15, 0.2) is 25.2 Å². The summed E-state index contributed by atoms with van der Waals surface area (Å²) >= 11 is 0. The molecule has 7 nitrogen and oxygen atoms in total. The first kappa shape index (κ1) is 58.2. The highest BCUT2D eigenvalue weighted by atomic mass is 16.8. The first-order chi connectivity index (χ1) is 29.1. The van der Waals surface area contributed by atoms with Gasteiger partial charge in [0.05, 0.1) is 0 Å². The molecular formula is C52H102O7. The van der Waals surface area contributed by atoms with E-state index in [1.54, 1.807) is 14.2 Å². The Balaban J connectivity index is 4.44. The van der Waals surface area contributed by atoms with E-state index in [1.165, 1.54) is 128 Å². The molecule has 0 aliphatic carbocycles. The quantitative estimate of drug-likeness (QED) is 0.0343. The summed E-state index contributed by atoms with van der Waals surface area (Å²) < 4.78 is 42.2. The van der Waals surface area contributed by atoms with Gasteiger partial charge in [0.2, 0.25) is 0 Å². The minimum atomic E-state index is -0.440. The van der Waals surface area contributed by atoms with Crippen LogP contribution in [0.25, 0.3) is 0 Å². The Morgan fingerprint density at radius 2 is 0.593 bits per heavy atom. The molecule has 0 fully saturated rings. The third kappa shape index (κ3) is 43.6. The van der Waals surface area contributed by atoms with E-state index >= 15 is 0 Å². The van der Waals surface area contributed by atoms with Gasteiger partial charge in [-0.2, -0.15) is 0 Å². The van der Waals surface area contributed by atoms with E-state index in [-0.39, 0.29) is 12.6 Å². The highest BCUT2D eigenvalue weighted by molar-refractivity contribution is 4.89. The molecule has 0 aliphatic heterocycles. The van der Waals surface area contributed by atoms with E-state index in [0.717, 1.165) is 116 Å². The normalized spacial score (nSPS) is 13.3. The van der Waals surface area contributed by atoms with Crippen molar-refractivity contribution >= 4 is 0 Å². The first-order valence-corrected chi connectivity index (χ1v) is 25.7.